The highest BCUT2D eigenvalue weighted by atomic mass is 35.5. The maximum atomic E-state index is 12.8. The molecule has 3 aromatic carbocycles. The summed E-state index contributed by atoms with van der Waals surface area (Å²) in [5.41, 5.74) is 1.89. The average Bonchev–Trinajstić information content (AvgIpc) is 2.85. The third-order valence-electron chi connectivity index (χ3n) is 5.44. The number of rotatable bonds is 7. The number of benzene rings is 3. The second-order valence-electron chi connectivity index (χ2n) is 7.45. The molecule has 1 fully saturated rings. The van der Waals surface area contributed by atoms with Crippen LogP contribution in [0.3, 0.4) is 0 Å². The second-order valence-corrected chi connectivity index (χ2v) is 7.86. The molecule has 1 heterocycles. The lowest BCUT2D eigenvalue weighted by molar-refractivity contribution is -0.129. The minimum absolute atomic E-state index is 0.0620. The second kappa shape index (κ2) is 10.3. The molecular weight excluding hydrogens is 426 g/mol. The van der Waals surface area contributed by atoms with E-state index >= 15 is 0 Å². The predicted octanol–water partition coefficient (Wildman–Crippen LogP) is 4.90. The molecule has 32 heavy (non-hydrogen) atoms. The number of hydrogen-bond donors (Lipinski definition) is 1. The Morgan fingerprint density at radius 1 is 0.906 bits per heavy atom. The number of nitrogens with one attached hydrogen (secondary N) is 1. The Labute approximate surface area is 193 Å². The molecule has 0 atom stereocenters. The van der Waals surface area contributed by atoms with E-state index in [1.54, 1.807) is 13.2 Å². The number of piperazine rings is 1. The van der Waals surface area contributed by atoms with E-state index in [2.05, 4.69) is 10.2 Å². The molecule has 3 aromatic rings. The summed E-state index contributed by atoms with van der Waals surface area (Å²) in [6, 6.07) is 22.9. The number of carbonyl (C=O) groups excluding carboxylic acids is 1. The number of nitrogens with zero attached hydrogens (tertiary/aromatic N) is 2. The maximum absolute atomic E-state index is 12.8. The number of anilines is 2. The van der Waals surface area contributed by atoms with E-state index in [-0.39, 0.29) is 12.5 Å². The van der Waals surface area contributed by atoms with Crippen molar-refractivity contribution in [2.24, 2.45) is 0 Å². The van der Waals surface area contributed by atoms with E-state index in [1.165, 1.54) is 0 Å². The number of halogens is 1. The fourth-order valence-electron chi connectivity index (χ4n) is 3.64. The highest BCUT2D eigenvalue weighted by Crippen LogP contribution is 2.33. The number of carbonyl (C=O) groups is 1. The average molecular weight is 452 g/mol. The molecule has 0 bridgehead atoms. The van der Waals surface area contributed by atoms with Crippen molar-refractivity contribution in [2.75, 3.05) is 50.1 Å². The summed E-state index contributed by atoms with van der Waals surface area (Å²) in [4.78, 5) is 17.0. The topological polar surface area (TPSA) is 54.0 Å². The molecule has 0 radical (unpaired) electrons. The monoisotopic (exact) mass is 451 g/mol. The van der Waals surface area contributed by atoms with Crippen LogP contribution >= 0.6 is 11.6 Å². The third kappa shape index (κ3) is 5.26. The van der Waals surface area contributed by atoms with Gasteiger partial charge in [-0.25, -0.2) is 0 Å². The Bertz CT molecular complexity index is 1050. The van der Waals surface area contributed by atoms with E-state index < -0.39 is 0 Å². The largest absolute Gasteiger partial charge is 0.497 e. The van der Waals surface area contributed by atoms with Crippen LogP contribution in [-0.2, 0) is 4.79 Å². The maximum Gasteiger partial charge on any atom is 0.241 e. The first-order valence-corrected chi connectivity index (χ1v) is 10.9. The molecule has 4 rings (SSSR count). The van der Waals surface area contributed by atoms with Crippen molar-refractivity contribution in [1.29, 1.82) is 0 Å². The van der Waals surface area contributed by atoms with Gasteiger partial charge in [0.25, 0.3) is 0 Å². The molecule has 1 saturated heterocycles. The van der Waals surface area contributed by atoms with Crippen molar-refractivity contribution in [3.05, 3.63) is 77.8 Å². The lowest BCUT2D eigenvalue weighted by atomic mass is 10.2. The molecule has 0 saturated carbocycles. The van der Waals surface area contributed by atoms with Crippen molar-refractivity contribution in [3.63, 3.8) is 0 Å². The Balaban J connectivity index is 1.31. The SMILES string of the molecule is COc1ccc(N2CCN(C(=O)CNc3ccccc3Oc3ccccc3Cl)CC2)cc1. The lowest BCUT2D eigenvalue weighted by Gasteiger charge is -2.36. The number of ether oxygens (including phenoxy) is 2. The van der Waals surface area contributed by atoms with Crippen molar-refractivity contribution >= 4 is 28.9 Å². The molecule has 166 valence electrons. The van der Waals surface area contributed by atoms with Gasteiger partial charge in [0, 0.05) is 31.9 Å². The molecule has 1 amide bonds. The van der Waals surface area contributed by atoms with Gasteiger partial charge in [0.15, 0.2) is 5.75 Å². The van der Waals surface area contributed by atoms with Crippen LogP contribution in [0.4, 0.5) is 11.4 Å². The van der Waals surface area contributed by atoms with Crippen molar-refractivity contribution in [1.82, 2.24) is 4.90 Å². The van der Waals surface area contributed by atoms with E-state index in [0.717, 1.165) is 30.2 Å². The highest BCUT2D eigenvalue weighted by molar-refractivity contribution is 6.32. The molecule has 0 unspecified atom stereocenters. The quantitative estimate of drug-likeness (QED) is 0.553. The molecule has 0 aromatic heterocycles. The summed E-state index contributed by atoms with van der Waals surface area (Å²) in [5, 5.41) is 3.75. The van der Waals surface area contributed by atoms with Crippen LogP contribution in [0.2, 0.25) is 5.02 Å². The number of para-hydroxylation sites is 3. The smallest absolute Gasteiger partial charge is 0.241 e. The fraction of sp³-hybridized carbons (Fsp3) is 0.240. The van der Waals surface area contributed by atoms with Crippen LogP contribution in [0.5, 0.6) is 17.2 Å². The summed E-state index contributed by atoms with van der Waals surface area (Å²) < 4.78 is 11.2. The predicted molar refractivity (Wildman–Crippen MR) is 128 cm³/mol. The van der Waals surface area contributed by atoms with Crippen LogP contribution in [0.25, 0.3) is 0 Å². The summed E-state index contributed by atoms with van der Waals surface area (Å²) in [5.74, 6) is 2.10. The van der Waals surface area contributed by atoms with Gasteiger partial charge >= 0.3 is 0 Å². The normalized spacial score (nSPS) is 13.6. The van der Waals surface area contributed by atoms with Crippen LogP contribution in [0, 0.1) is 0 Å². The van der Waals surface area contributed by atoms with E-state index in [1.807, 2.05) is 71.6 Å². The number of hydrogen-bond acceptors (Lipinski definition) is 5. The van der Waals surface area contributed by atoms with Crippen molar-refractivity contribution in [2.45, 2.75) is 0 Å². The molecule has 6 nitrogen and oxygen atoms in total. The van der Waals surface area contributed by atoms with Gasteiger partial charge in [-0.1, -0.05) is 35.9 Å². The third-order valence-corrected chi connectivity index (χ3v) is 5.76. The van der Waals surface area contributed by atoms with Gasteiger partial charge < -0.3 is 24.6 Å². The Kier molecular flexibility index (Phi) is 7.02. The van der Waals surface area contributed by atoms with Crippen LogP contribution in [-0.4, -0.2) is 50.6 Å². The van der Waals surface area contributed by atoms with Crippen LogP contribution < -0.4 is 19.7 Å². The van der Waals surface area contributed by atoms with Gasteiger partial charge in [-0.2, -0.15) is 0 Å². The molecule has 1 aliphatic heterocycles. The van der Waals surface area contributed by atoms with E-state index in [0.29, 0.717) is 29.6 Å². The lowest BCUT2D eigenvalue weighted by Crippen LogP contribution is -2.50. The zero-order chi connectivity index (χ0) is 22.3. The van der Waals surface area contributed by atoms with Crippen LogP contribution in [0.1, 0.15) is 0 Å². The Hall–Kier alpha value is -3.38. The molecule has 0 spiro atoms. The van der Waals surface area contributed by atoms with E-state index in [9.17, 15) is 4.79 Å². The summed E-state index contributed by atoms with van der Waals surface area (Å²) in [6.45, 7) is 3.16. The molecular formula is C25H26ClN3O3. The van der Waals surface area contributed by atoms with Gasteiger partial charge in [0.1, 0.15) is 11.5 Å². The number of methoxy groups -OCH3 is 1. The van der Waals surface area contributed by atoms with Crippen molar-refractivity contribution < 1.29 is 14.3 Å². The molecule has 0 aliphatic carbocycles. The van der Waals surface area contributed by atoms with Crippen molar-refractivity contribution in [3.8, 4) is 17.2 Å². The first-order valence-electron chi connectivity index (χ1n) is 10.6. The molecule has 1 aliphatic rings. The Morgan fingerprint density at radius 2 is 1.56 bits per heavy atom. The fourth-order valence-corrected chi connectivity index (χ4v) is 3.81. The summed E-state index contributed by atoms with van der Waals surface area (Å²) >= 11 is 6.21. The van der Waals surface area contributed by atoms with Gasteiger partial charge in [-0.3, -0.25) is 4.79 Å². The van der Waals surface area contributed by atoms with Gasteiger partial charge in [0.2, 0.25) is 5.91 Å². The molecule has 1 N–H and O–H groups in total. The first kappa shape index (κ1) is 21.8. The van der Waals surface area contributed by atoms with Gasteiger partial charge in [-0.15, -0.1) is 0 Å². The summed E-state index contributed by atoms with van der Waals surface area (Å²) in [6.07, 6.45) is 0. The highest BCUT2D eigenvalue weighted by Gasteiger charge is 2.21. The minimum atomic E-state index is 0.0620. The standard InChI is InChI=1S/C25H26ClN3O3/c1-31-20-12-10-19(11-13-20)28-14-16-29(17-15-28)25(30)18-27-22-7-3-5-9-24(22)32-23-8-4-2-6-21(23)26/h2-13,27H,14-18H2,1H3. The first-order chi connectivity index (χ1) is 15.6. The Morgan fingerprint density at radius 3 is 2.25 bits per heavy atom. The van der Waals surface area contributed by atoms with Crippen LogP contribution in [0.15, 0.2) is 72.8 Å². The van der Waals surface area contributed by atoms with Gasteiger partial charge in [-0.05, 0) is 48.5 Å². The zero-order valence-electron chi connectivity index (χ0n) is 18.0. The zero-order valence-corrected chi connectivity index (χ0v) is 18.7. The minimum Gasteiger partial charge on any atom is -0.497 e. The van der Waals surface area contributed by atoms with Gasteiger partial charge in [0.05, 0.1) is 24.4 Å². The van der Waals surface area contributed by atoms with E-state index in [4.69, 9.17) is 21.1 Å². The number of amides is 1. The summed E-state index contributed by atoms with van der Waals surface area (Å²) in [7, 11) is 1.66. The molecule has 7 heteroatoms.